The van der Waals surface area contributed by atoms with Crippen molar-refractivity contribution < 1.29 is 8.78 Å². The number of hydrogen-bond donors (Lipinski definition) is 0. The molecule has 0 N–H and O–H groups in total. The van der Waals surface area contributed by atoms with Crippen LogP contribution in [0.25, 0.3) is 0 Å². The first-order valence-corrected chi connectivity index (χ1v) is 6.15. The number of benzene rings is 2. The standard InChI is InChI=1S/C14H11BrF2/c1-9-2-4-10(5-3-9)14(15)12-8-11(16)6-7-13(12)17/h2-8,14H,1H3. The molecule has 0 aliphatic heterocycles. The Kier molecular flexibility index (Phi) is 3.57. The van der Waals surface area contributed by atoms with Gasteiger partial charge in [0.25, 0.3) is 0 Å². The van der Waals surface area contributed by atoms with Gasteiger partial charge in [-0.1, -0.05) is 45.8 Å². The Morgan fingerprint density at radius 1 is 1.00 bits per heavy atom. The van der Waals surface area contributed by atoms with Gasteiger partial charge in [-0.3, -0.25) is 0 Å². The molecule has 0 nitrogen and oxygen atoms in total. The Bertz CT molecular complexity index is 520. The molecular weight excluding hydrogens is 286 g/mol. The minimum atomic E-state index is -0.432. The van der Waals surface area contributed by atoms with Gasteiger partial charge in [0, 0.05) is 5.56 Å². The summed E-state index contributed by atoms with van der Waals surface area (Å²) in [6.07, 6.45) is 0. The summed E-state index contributed by atoms with van der Waals surface area (Å²) in [5.74, 6) is -0.841. The molecule has 2 rings (SSSR count). The van der Waals surface area contributed by atoms with Gasteiger partial charge < -0.3 is 0 Å². The topological polar surface area (TPSA) is 0 Å². The van der Waals surface area contributed by atoms with Gasteiger partial charge in [-0.05, 0) is 30.7 Å². The summed E-state index contributed by atoms with van der Waals surface area (Å²) in [4.78, 5) is -0.334. The van der Waals surface area contributed by atoms with E-state index >= 15 is 0 Å². The van der Waals surface area contributed by atoms with Crippen molar-refractivity contribution in [3.05, 3.63) is 70.8 Å². The van der Waals surface area contributed by atoms with Gasteiger partial charge in [-0.2, -0.15) is 0 Å². The second-order valence-electron chi connectivity index (χ2n) is 3.94. The molecule has 3 heteroatoms. The normalized spacial score (nSPS) is 12.5. The van der Waals surface area contributed by atoms with Crippen LogP contribution in [0.4, 0.5) is 8.78 Å². The number of alkyl halides is 1. The van der Waals surface area contributed by atoms with Gasteiger partial charge in [0.1, 0.15) is 11.6 Å². The molecule has 0 saturated carbocycles. The average Bonchev–Trinajstić information content (AvgIpc) is 2.32. The Morgan fingerprint density at radius 3 is 2.29 bits per heavy atom. The lowest BCUT2D eigenvalue weighted by molar-refractivity contribution is 0.588. The SMILES string of the molecule is Cc1ccc(C(Br)c2cc(F)ccc2F)cc1. The highest BCUT2D eigenvalue weighted by molar-refractivity contribution is 9.09. The van der Waals surface area contributed by atoms with Crippen LogP contribution in [0.1, 0.15) is 21.5 Å². The van der Waals surface area contributed by atoms with Crippen molar-refractivity contribution in [3.63, 3.8) is 0 Å². The fourth-order valence-corrected chi connectivity index (χ4v) is 2.28. The summed E-state index contributed by atoms with van der Waals surface area (Å²) in [6, 6.07) is 11.2. The van der Waals surface area contributed by atoms with Crippen molar-refractivity contribution in [2.75, 3.05) is 0 Å². The van der Waals surface area contributed by atoms with Crippen LogP contribution in [0, 0.1) is 18.6 Å². The molecule has 17 heavy (non-hydrogen) atoms. The molecule has 0 saturated heterocycles. The van der Waals surface area contributed by atoms with E-state index in [1.807, 2.05) is 31.2 Å². The summed E-state index contributed by atoms with van der Waals surface area (Å²) in [7, 11) is 0. The molecule has 1 unspecified atom stereocenters. The lowest BCUT2D eigenvalue weighted by Crippen LogP contribution is -1.97. The zero-order valence-corrected chi connectivity index (χ0v) is 10.8. The van der Waals surface area contributed by atoms with Crippen LogP contribution in [0.5, 0.6) is 0 Å². The van der Waals surface area contributed by atoms with E-state index in [1.165, 1.54) is 6.07 Å². The smallest absolute Gasteiger partial charge is 0.128 e. The monoisotopic (exact) mass is 296 g/mol. The maximum Gasteiger partial charge on any atom is 0.128 e. The Balaban J connectivity index is 2.39. The van der Waals surface area contributed by atoms with E-state index in [1.54, 1.807) is 0 Å². The van der Waals surface area contributed by atoms with E-state index in [0.717, 1.165) is 23.3 Å². The summed E-state index contributed by atoms with van der Waals surface area (Å²) >= 11 is 3.40. The third-order valence-electron chi connectivity index (χ3n) is 2.60. The van der Waals surface area contributed by atoms with Crippen molar-refractivity contribution in [1.29, 1.82) is 0 Å². The van der Waals surface area contributed by atoms with E-state index in [2.05, 4.69) is 15.9 Å². The zero-order chi connectivity index (χ0) is 12.4. The molecule has 0 aromatic heterocycles. The van der Waals surface area contributed by atoms with Gasteiger partial charge in [0.15, 0.2) is 0 Å². The zero-order valence-electron chi connectivity index (χ0n) is 9.25. The molecular formula is C14H11BrF2. The maximum atomic E-state index is 13.6. The van der Waals surface area contributed by atoms with Crippen LogP contribution >= 0.6 is 15.9 Å². The van der Waals surface area contributed by atoms with Gasteiger partial charge >= 0.3 is 0 Å². The van der Waals surface area contributed by atoms with Crippen LogP contribution in [0.2, 0.25) is 0 Å². The molecule has 0 fully saturated rings. The average molecular weight is 297 g/mol. The largest absolute Gasteiger partial charge is 0.207 e. The summed E-state index contributed by atoms with van der Waals surface area (Å²) in [5, 5.41) is 0. The molecule has 0 bridgehead atoms. The molecule has 0 aliphatic carbocycles. The van der Waals surface area contributed by atoms with Crippen LogP contribution in [-0.2, 0) is 0 Å². The quantitative estimate of drug-likeness (QED) is 0.701. The molecule has 1 atom stereocenters. The molecule has 0 amide bonds. The second-order valence-corrected chi connectivity index (χ2v) is 4.85. The Labute approximate surface area is 107 Å². The minimum Gasteiger partial charge on any atom is -0.207 e. The number of halogens is 3. The first-order chi connectivity index (χ1) is 8.08. The molecule has 0 radical (unpaired) electrons. The van der Waals surface area contributed by atoms with Crippen molar-refractivity contribution in [2.45, 2.75) is 11.8 Å². The molecule has 0 heterocycles. The lowest BCUT2D eigenvalue weighted by Gasteiger charge is -2.12. The van der Waals surface area contributed by atoms with E-state index in [-0.39, 0.29) is 4.83 Å². The molecule has 2 aromatic carbocycles. The van der Waals surface area contributed by atoms with Gasteiger partial charge in [-0.15, -0.1) is 0 Å². The third kappa shape index (κ3) is 2.72. The van der Waals surface area contributed by atoms with Crippen molar-refractivity contribution in [1.82, 2.24) is 0 Å². The third-order valence-corrected chi connectivity index (χ3v) is 3.62. The predicted octanol–water partition coefficient (Wildman–Crippen LogP) is 4.76. The Hall–Kier alpha value is -1.22. The van der Waals surface area contributed by atoms with Crippen molar-refractivity contribution in [2.24, 2.45) is 0 Å². The summed E-state index contributed by atoms with van der Waals surface area (Å²) in [5.41, 5.74) is 2.35. The van der Waals surface area contributed by atoms with Crippen molar-refractivity contribution in [3.8, 4) is 0 Å². The minimum absolute atomic E-state index is 0.314. The maximum absolute atomic E-state index is 13.6. The van der Waals surface area contributed by atoms with Gasteiger partial charge in [-0.25, -0.2) is 8.78 Å². The van der Waals surface area contributed by atoms with Crippen molar-refractivity contribution >= 4 is 15.9 Å². The van der Waals surface area contributed by atoms with E-state index < -0.39 is 11.6 Å². The van der Waals surface area contributed by atoms with Crippen LogP contribution in [-0.4, -0.2) is 0 Å². The van der Waals surface area contributed by atoms with Crippen LogP contribution in [0.3, 0.4) is 0 Å². The highest BCUT2D eigenvalue weighted by Gasteiger charge is 2.15. The van der Waals surface area contributed by atoms with E-state index in [0.29, 0.717) is 5.56 Å². The molecule has 0 spiro atoms. The summed E-state index contributed by atoms with van der Waals surface area (Å²) in [6.45, 7) is 1.98. The molecule has 88 valence electrons. The highest BCUT2D eigenvalue weighted by atomic mass is 79.9. The lowest BCUT2D eigenvalue weighted by atomic mass is 10.0. The highest BCUT2D eigenvalue weighted by Crippen LogP contribution is 2.32. The number of aryl methyl sites for hydroxylation is 1. The summed E-state index contributed by atoms with van der Waals surface area (Å²) < 4.78 is 26.7. The number of rotatable bonds is 2. The molecule has 2 aromatic rings. The molecule has 0 aliphatic rings. The fourth-order valence-electron chi connectivity index (χ4n) is 1.62. The first-order valence-electron chi connectivity index (χ1n) is 5.23. The van der Waals surface area contributed by atoms with Crippen LogP contribution < -0.4 is 0 Å². The van der Waals surface area contributed by atoms with Gasteiger partial charge in [0.2, 0.25) is 0 Å². The first kappa shape index (κ1) is 12.2. The Morgan fingerprint density at radius 2 is 1.65 bits per heavy atom. The van der Waals surface area contributed by atoms with Gasteiger partial charge in [0.05, 0.1) is 4.83 Å². The predicted molar refractivity (Wildman–Crippen MR) is 68.3 cm³/mol. The number of hydrogen-bond acceptors (Lipinski definition) is 0. The second kappa shape index (κ2) is 4.96. The van der Waals surface area contributed by atoms with Crippen LogP contribution in [0.15, 0.2) is 42.5 Å². The van der Waals surface area contributed by atoms with E-state index in [9.17, 15) is 8.78 Å². The van der Waals surface area contributed by atoms with E-state index in [4.69, 9.17) is 0 Å². The fraction of sp³-hybridized carbons (Fsp3) is 0.143.